The number of hydrogen-bond donors (Lipinski definition) is 2. The van der Waals surface area contributed by atoms with Crippen molar-refractivity contribution >= 4 is 16.0 Å². The number of hydrogen-bond acceptors (Lipinski definition) is 4. The number of nitrogens with zero attached hydrogens (tertiary/aromatic N) is 1. The summed E-state index contributed by atoms with van der Waals surface area (Å²) in [6, 6.07) is 0.413. The van der Waals surface area contributed by atoms with Gasteiger partial charge in [0.2, 0.25) is 10.0 Å². The average molecular weight is 252 g/mol. The SMILES string of the molecule is CC(C)N(C)CCCNS(=O)(=O)CC(=O)O. The second kappa shape index (κ2) is 6.82. The molecule has 0 aromatic carbocycles. The number of carboxylic acid groups (broad SMARTS) is 1. The first-order chi connectivity index (χ1) is 7.24. The van der Waals surface area contributed by atoms with Crippen molar-refractivity contribution in [3.63, 3.8) is 0 Å². The van der Waals surface area contributed by atoms with Gasteiger partial charge in [-0.25, -0.2) is 13.1 Å². The van der Waals surface area contributed by atoms with E-state index in [0.29, 0.717) is 12.5 Å². The first-order valence-electron chi connectivity index (χ1n) is 5.14. The lowest BCUT2D eigenvalue weighted by Gasteiger charge is -2.20. The van der Waals surface area contributed by atoms with Gasteiger partial charge in [-0.05, 0) is 33.9 Å². The maximum absolute atomic E-state index is 11.1. The summed E-state index contributed by atoms with van der Waals surface area (Å²) in [7, 11) is -1.71. The van der Waals surface area contributed by atoms with Crippen LogP contribution in [0.15, 0.2) is 0 Å². The predicted octanol–water partition coefficient (Wildman–Crippen LogP) is -0.279. The molecule has 0 amide bonds. The third kappa shape index (κ3) is 7.61. The Labute approximate surface area is 96.7 Å². The summed E-state index contributed by atoms with van der Waals surface area (Å²) in [5, 5.41) is 8.34. The number of rotatable bonds is 8. The van der Waals surface area contributed by atoms with Crippen LogP contribution in [0, 0.1) is 0 Å². The summed E-state index contributed by atoms with van der Waals surface area (Å²) < 4.78 is 24.5. The van der Waals surface area contributed by atoms with Crippen molar-refractivity contribution in [2.45, 2.75) is 26.3 Å². The summed E-state index contributed by atoms with van der Waals surface area (Å²) >= 11 is 0. The Kier molecular flexibility index (Phi) is 6.54. The van der Waals surface area contributed by atoms with Gasteiger partial charge in [0.25, 0.3) is 0 Å². The molecular formula is C9H20N2O4S. The van der Waals surface area contributed by atoms with E-state index in [1.54, 1.807) is 0 Å². The molecule has 0 fully saturated rings. The van der Waals surface area contributed by atoms with Crippen LogP contribution in [-0.4, -0.2) is 56.3 Å². The predicted molar refractivity (Wildman–Crippen MR) is 61.8 cm³/mol. The minimum Gasteiger partial charge on any atom is -0.480 e. The maximum atomic E-state index is 11.1. The van der Waals surface area contributed by atoms with Crippen molar-refractivity contribution in [2.75, 3.05) is 25.9 Å². The summed E-state index contributed by atoms with van der Waals surface area (Å²) in [5.41, 5.74) is 0. The minimum absolute atomic E-state index is 0.271. The van der Waals surface area contributed by atoms with Crippen molar-refractivity contribution in [1.82, 2.24) is 9.62 Å². The topological polar surface area (TPSA) is 86.7 Å². The van der Waals surface area contributed by atoms with E-state index >= 15 is 0 Å². The molecule has 0 bridgehead atoms. The van der Waals surface area contributed by atoms with Crippen molar-refractivity contribution in [2.24, 2.45) is 0 Å². The molecule has 0 aliphatic rings. The molecule has 2 N–H and O–H groups in total. The molecule has 0 aromatic rings. The largest absolute Gasteiger partial charge is 0.480 e. The van der Waals surface area contributed by atoms with Crippen molar-refractivity contribution in [3.8, 4) is 0 Å². The van der Waals surface area contributed by atoms with E-state index in [2.05, 4.69) is 23.5 Å². The van der Waals surface area contributed by atoms with Crippen LogP contribution in [0.1, 0.15) is 20.3 Å². The van der Waals surface area contributed by atoms with Gasteiger partial charge in [0.15, 0.2) is 5.75 Å². The van der Waals surface area contributed by atoms with Crippen LogP contribution in [-0.2, 0) is 14.8 Å². The molecule has 0 aromatic heterocycles. The second-order valence-electron chi connectivity index (χ2n) is 3.98. The Morgan fingerprint density at radius 2 is 2.00 bits per heavy atom. The summed E-state index contributed by atoms with van der Waals surface area (Å²) in [4.78, 5) is 12.3. The van der Waals surface area contributed by atoms with Gasteiger partial charge in [0.05, 0.1) is 0 Å². The number of sulfonamides is 1. The number of carbonyl (C=O) groups is 1. The molecule has 0 atom stereocenters. The normalized spacial score (nSPS) is 12.3. The highest BCUT2D eigenvalue weighted by atomic mass is 32.2. The Balaban J connectivity index is 3.78. The molecule has 0 radical (unpaired) electrons. The third-order valence-electron chi connectivity index (χ3n) is 2.20. The fourth-order valence-corrected chi connectivity index (χ4v) is 1.91. The molecule has 0 aliphatic carbocycles. The van der Waals surface area contributed by atoms with Crippen LogP contribution < -0.4 is 4.72 Å². The molecule has 6 nitrogen and oxygen atoms in total. The van der Waals surface area contributed by atoms with Gasteiger partial charge in [-0.1, -0.05) is 0 Å². The number of nitrogens with one attached hydrogen (secondary N) is 1. The molecule has 7 heteroatoms. The highest BCUT2D eigenvalue weighted by Gasteiger charge is 2.14. The zero-order valence-electron chi connectivity index (χ0n) is 9.93. The summed E-state index contributed by atoms with van der Waals surface area (Å²) in [6.07, 6.45) is 0.660. The smallest absolute Gasteiger partial charge is 0.320 e. The van der Waals surface area contributed by atoms with E-state index in [1.807, 2.05) is 7.05 Å². The van der Waals surface area contributed by atoms with Crippen LogP contribution in [0.2, 0.25) is 0 Å². The van der Waals surface area contributed by atoms with Crippen molar-refractivity contribution in [3.05, 3.63) is 0 Å². The Bertz CT molecular complexity index is 313. The highest BCUT2D eigenvalue weighted by molar-refractivity contribution is 7.90. The number of aliphatic carboxylic acids is 1. The number of carboxylic acids is 1. The van der Waals surface area contributed by atoms with Gasteiger partial charge in [0.1, 0.15) is 0 Å². The lowest BCUT2D eigenvalue weighted by Crippen LogP contribution is -2.33. The van der Waals surface area contributed by atoms with Gasteiger partial charge in [-0.3, -0.25) is 4.79 Å². The van der Waals surface area contributed by atoms with Crippen LogP contribution in [0.3, 0.4) is 0 Å². The molecule has 96 valence electrons. The molecule has 0 rings (SSSR count). The minimum atomic E-state index is -3.67. The molecule has 0 aliphatic heterocycles. The zero-order chi connectivity index (χ0) is 12.8. The Hall–Kier alpha value is -0.660. The summed E-state index contributed by atoms with van der Waals surface area (Å²) in [6.45, 7) is 5.14. The van der Waals surface area contributed by atoms with Gasteiger partial charge in [-0.15, -0.1) is 0 Å². The van der Waals surface area contributed by atoms with E-state index in [1.165, 1.54) is 0 Å². The quantitative estimate of drug-likeness (QED) is 0.580. The lowest BCUT2D eigenvalue weighted by atomic mass is 10.3. The van der Waals surface area contributed by atoms with Gasteiger partial charge < -0.3 is 10.0 Å². The average Bonchev–Trinajstić information content (AvgIpc) is 2.09. The highest BCUT2D eigenvalue weighted by Crippen LogP contribution is 1.94. The summed E-state index contributed by atoms with van der Waals surface area (Å²) in [5.74, 6) is -2.21. The lowest BCUT2D eigenvalue weighted by molar-refractivity contribution is -0.134. The van der Waals surface area contributed by atoms with E-state index in [9.17, 15) is 13.2 Å². The van der Waals surface area contributed by atoms with Crippen LogP contribution in [0.5, 0.6) is 0 Å². The first kappa shape index (κ1) is 15.3. The first-order valence-corrected chi connectivity index (χ1v) is 6.79. The van der Waals surface area contributed by atoms with Gasteiger partial charge in [0, 0.05) is 12.6 Å². The Morgan fingerprint density at radius 3 is 2.44 bits per heavy atom. The van der Waals surface area contributed by atoms with E-state index < -0.39 is 21.7 Å². The van der Waals surface area contributed by atoms with Crippen LogP contribution in [0.4, 0.5) is 0 Å². The molecule has 16 heavy (non-hydrogen) atoms. The fraction of sp³-hybridized carbons (Fsp3) is 0.889. The molecule has 0 heterocycles. The molecule has 0 saturated carbocycles. The molecule has 0 saturated heterocycles. The van der Waals surface area contributed by atoms with E-state index in [4.69, 9.17) is 5.11 Å². The standard InChI is InChI=1S/C9H20N2O4S/c1-8(2)11(3)6-4-5-10-16(14,15)7-9(12)13/h8,10H,4-7H2,1-3H3,(H,12,13). The molecular weight excluding hydrogens is 232 g/mol. The monoisotopic (exact) mass is 252 g/mol. The van der Waals surface area contributed by atoms with Gasteiger partial charge >= 0.3 is 5.97 Å². The second-order valence-corrected chi connectivity index (χ2v) is 5.78. The Morgan fingerprint density at radius 1 is 1.44 bits per heavy atom. The van der Waals surface area contributed by atoms with Crippen LogP contribution in [0.25, 0.3) is 0 Å². The van der Waals surface area contributed by atoms with Gasteiger partial charge in [-0.2, -0.15) is 0 Å². The molecule has 0 unspecified atom stereocenters. The maximum Gasteiger partial charge on any atom is 0.320 e. The van der Waals surface area contributed by atoms with Crippen molar-refractivity contribution < 1.29 is 18.3 Å². The van der Waals surface area contributed by atoms with Crippen molar-refractivity contribution in [1.29, 1.82) is 0 Å². The fourth-order valence-electron chi connectivity index (χ4n) is 1.03. The molecule has 0 spiro atoms. The van der Waals surface area contributed by atoms with E-state index in [0.717, 1.165) is 6.54 Å². The third-order valence-corrected chi connectivity index (χ3v) is 3.48. The zero-order valence-corrected chi connectivity index (χ0v) is 10.7. The van der Waals surface area contributed by atoms with E-state index in [-0.39, 0.29) is 6.54 Å². The van der Waals surface area contributed by atoms with Crippen LogP contribution >= 0.6 is 0 Å².